The van der Waals surface area contributed by atoms with Gasteiger partial charge in [-0.3, -0.25) is 9.78 Å². The van der Waals surface area contributed by atoms with Gasteiger partial charge in [0.15, 0.2) is 0 Å². The van der Waals surface area contributed by atoms with Crippen LogP contribution in [0.5, 0.6) is 0 Å². The van der Waals surface area contributed by atoms with Crippen molar-refractivity contribution in [3.05, 3.63) is 30.1 Å². The summed E-state index contributed by atoms with van der Waals surface area (Å²) < 4.78 is 11.5. The van der Waals surface area contributed by atoms with E-state index in [4.69, 9.17) is 9.47 Å². The van der Waals surface area contributed by atoms with Crippen LogP contribution in [-0.2, 0) is 20.7 Å². The molecule has 3 rings (SSSR count). The number of piperidine rings is 1. The lowest BCUT2D eigenvalue weighted by atomic mass is 10.1. The highest BCUT2D eigenvalue weighted by molar-refractivity contribution is 5.76. The van der Waals surface area contributed by atoms with Crippen LogP contribution in [0.4, 0.5) is 0 Å². The molecule has 2 saturated heterocycles. The highest BCUT2D eigenvalue weighted by Gasteiger charge is 2.24. The summed E-state index contributed by atoms with van der Waals surface area (Å²) in [6, 6.07) is 3.94. The molecule has 0 spiro atoms. The molecule has 1 aromatic rings. The predicted molar refractivity (Wildman–Crippen MR) is 87.1 cm³/mol. The number of amides is 1. The number of carbonyl (C=O) groups is 1. The van der Waals surface area contributed by atoms with Gasteiger partial charge in [-0.05, 0) is 49.8 Å². The molecule has 0 saturated carbocycles. The molecule has 2 aliphatic rings. The molecule has 126 valence electrons. The number of likely N-dealkylation sites (tertiary alicyclic amines) is 1. The maximum absolute atomic E-state index is 12.3. The van der Waals surface area contributed by atoms with Gasteiger partial charge in [0.1, 0.15) is 0 Å². The van der Waals surface area contributed by atoms with E-state index in [1.807, 2.05) is 17.0 Å². The van der Waals surface area contributed by atoms with Crippen LogP contribution >= 0.6 is 0 Å². The zero-order valence-electron chi connectivity index (χ0n) is 13.7. The summed E-state index contributed by atoms with van der Waals surface area (Å²) >= 11 is 0. The first kappa shape index (κ1) is 16.4. The molecule has 0 aromatic carbocycles. The van der Waals surface area contributed by atoms with Gasteiger partial charge < -0.3 is 14.4 Å². The van der Waals surface area contributed by atoms with Crippen molar-refractivity contribution in [2.45, 2.75) is 50.7 Å². The summed E-state index contributed by atoms with van der Waals surface area (Å²) in [5.41, 5.74) is 1.17. The molecule has 2 fully saturated rings. The van der Waals surface area contributed by atoms with Gasteiger partial charge in [-0.15, -0.1) is 0 Å². The summed E-state index contributed by atoms with van der Waals surface area (Å²) in [6.45, 7) is 3.20. The monoisotopic (exact) mass is 318 g/mol. The quantitative estimate of drug-likeness (QED) is 0.807. The van der Waals surface area contributed by atoms with Crippen molar-refractivity contribution in [2.24, 2.45) is 0 Å². The van der Waals surface area contributed by atoms with Crippen LogP contribution in [-0.4, -0.2) is 54.3 Å². The van der Waals surface area contributed by atoms with E-state index in [9.17, 15) is 4.79 Å². The number of aryl methyl sites for hydroxylation is 1. The first-order valence-electron chi connectivity index (χ1n) is 8.71. The summed E-state index contributed by atoms with van der Waals surface area (Å²) in [4.78, 5) is 18.3. The number of rotatable bonds is 6. The molecule has 0 N–H and O–H groups in total. The highest BCUT2D eigenvalue weighted by atomic mass is 16.5. The van der Waals surface area contributed by atoms with E-state index >= 15 is 0 Å². The number of ether oxygens (including phenoxy) is 2. The Kier molecular flexibility index (Phi) is 6.00. The van der Waals surface area contributed by atoms with Gasteiger partial charge in [0.05, 0.1) is 18.8 Å². The number of hydrogen-bond donors (Lipinski definition) is 0. The Hall–Kier alpha value is -1.46. The minimum atomic E-state index is 0.249. The normalized spacial score (nSPS) is 22.4. The van der Waals surface area contributed by atoms with Crippen molar-refractivity contribution in [1.82, 2.24) is 9.88 Å². The molecule has 1 atom stereocenters. The number of aromatic nitrogens is 1. The summed E-state index contributed by atoms with van der Waals surface area (Å²) in [6.07, 6.45) is 9.63. The molecule has 1 amide bonds. The maximum atomic E-state index is 12.3. The van der Waals surface area contributed by atoms with E-state index < -0.39 is 0 Å². The lowest BCUT2D eigenvalue weighted by molar-refractivity contribution is -0.134. The topological polar surface area (TPSA) is 51.7 Å². The fraction of sp³-hybridized carbons (Fsp3) is 0.667. The number of carbonyl (C=O) groups excluding carboxylic acids is 1. The maximum Gasteiger partial charge on any atom is 0.222 e. The molecular formula is C18H26N2O3. The van der Waals surface area contributed by atoms with E-state index in [1.165, 1.54) is 5.56 Å². The predicted octanol–water partition coefficient (Wildman–Crippen LogP) is 2.20. The van der Waals surface area contributed by atoms with Crippen LogP contribution in [0.15, 0.2) is 24.5 Å². The number of nitrogens with zero attached hydrogens (tertiary/aromatic N) is 2. The second kappa shape index (κ2) is 8.41. The molecule has 2 aliphatic heterocycles. The second-order valence-corrected chi connectivity index (χ2v) is 6.40. The average Bonchev–Trinajstić information content (AvgIpc) is 3.13. The Bertz CT molecular complexity index is 480. The summed E-state index contributed by atoms with van der Waals surface area (Å²) in [7, 11) is 0. The molecule has 0 aliphatic carbocycles. The molecule has 0 bridgehead atoms. The number of pyridine rings is 1. The second-order valence-electron chi connectivity index (χ2n) is 6.40. The fourth-order valence-corrected chi connectivity index (χ4v) is 3.25. The molecular weight excluding hydrogens is 292 g/mol. The van der Waals surface area contributed by atoms with Gasteiger partial charge >= 0.3 is 0 Å². The van der Waals surface area contributed by atoms with E-state index in [-0.39, 0.29) is 18.1 Å². The standard InChI is InChI=1S/C18H26N2O3/c21-18(4-3-15-5-9-19-10-6-15)20-11-7-16(8-12-20)23-14-17-2-1-13-22-17/h5-6,9-10,16-17H,1-4,7-8,11-14H2/t17-/m1/s1. The Morgan fingerprint density at radius 3 is 2.74 bits per heavy atom. The molecule has 3 heterocycles. The zero-order valence-corrected chi connectivity index (χ0v) is 13.7. The molecule has 23 heavy (non-hydrogen) atoms. The largest absolute Gasteiger partial charge is 0.376 e. The van der Waals surface area contributed by atoms with E-state index in [1.54, 1.807) is 12.4 Å². The summed E-state index contributed by atoms with van der Waals surface area (Å²) in [5.74, 6) is 0.249. The number of hydrogen-bond acceptors (Lipinski definition) is 4. The zero-order chi connectivity index (χ0) is 15.9. The average molecular weight is 318 g/mol. The molecule has 1 aromatic heterocycles. The fourth-order valence-electron chi connectivity index (χ4n) is 3.25. The van der Waals surface area contributed by atoms with Crippen molar-refractivity contribution in [3.63, 3.8) is 0 Å². The van der Waals surface area contributed by atoms with Crippen molar-refractivity contribution in [2.75, 3.05) is 26.3 Å². The molecule has 0 unspecified atom stereocenters. The lowest BCUT2D eigenvalue weighted by Crippen LogP contribution is -2.41. The van der Waals surface area contributed by atoms with Crippen LogP contribution in [0.25, 0.3) is 0 Å². The van der Waals surface area contributed by atoms with Crippen molar-refractivity contribution >= 4 is 5.91 Å². The van der Waals surface area contributed by atoms with Crippen LogP contribution in [0, 0.1) is 0 Å². The first-order valence-corrected chi connectivity index (χ1v) is 8.71. The third kappa shape index (κ3) is 5.01. The highest BCUT2D eigenvalue weighted by Crippen LogP contribution is 2.18. The van der Waals surface area contributed by atoms with Crippen LogP contribution < -0.4 is 0 Å². The van der Waals surface area contributed by atoms with Gasteiger partial charge in [-0.1, -0.05) is 0 Å². The minimum absolute atomic E-state index is 0.249. The molecule has 5 heteroatoms. The smallest absolute Gasteiger partial charge is 0.222 e. The third-order valence-corrected chi connectivity index (χ3v) is 4.71. The van der Waals surface area contributed by atoms with Crippen molar-refractivity contribution < 1.29 is 14.3 Å². The van der Waals surface area contributed by atoms with Gasteiger partial charge in [-0.25, -0.2) is 0 Å². The Labute approximate surface area is 138 Å². The van der Waals surface area contributed by atoms with E-state index in [0.29, 0.717) is 13.0 Å². The lowest BCUT2D eigenvalue weighted by Gasteiger charge is -2.32. The molecule has 5 nitrogen and oxygen atoms in total. The Morgan fingerprint density at radius 2 is 2.04 bits per heavy atom. The van der Waals surface area contributed by atoms with Crippen molar-refractivity contribution in [3.8, 4) is 0 Å². The Morgan fingerprint density at radius 1 is 1.26 bits per heavy atom. The third-order valence-electron chi connectivity index (χ3n) is 4.71. The molecule has 0 radical (unpaired) electrons. The van der Waals surface area contributed by atoms with Crippen LogP contribution in [0.1, 0.15) is 37.7 Å². The van der Waals surface area contributed by atoms with Gasteiger partial charge in [0, 0.05) is 38.5 Å². The van der Waals surface area contributed by atoms with Crippen molar-refractivity contribution in [1.29, 1.82) is 0 Å². The SMILES string of the molecule is O=C(CCc1ccncc1)N1CCC(OC[C@H]2CCCO2)CC1. The van der Waals surface area contributed by atoms with Gasteiger partial charge in [0.2, 0.25) is 5.91 Å². The van der Waals surface area contributed by atoms with Crippen LogP contribution in [0.2, 0.25) is 0 Å². The van der Waals surface area contributed by atoms with Crippen LogP contribution in [0.3, 0.4) is 0 Å². The van der Waals surface area contributed by atoms with E-state index in [2.05, 4.69) is 4.98 Å². The summed E-state index contributed by atoms with van der Waals surface area (Å²) in [5, 5.41) is 0. The minimum Gasteiger partial charge on any atom is -0.376 e. The van der Waals surface area contributed by atoms with E-state index in [0.717, 1.165) is 51.8 Å². The first-order chi connectivity index (χ1) is 11.3. The van der Waals surface area contributed by atoms with Gasteiger partial charge in [-0.2, -0.15) is 0 Å². The Balaban J connectivity index is 1.34. The van der Waals surface area contributed by atoms with Gasteiger partial charge in [0.25, 0.3) is 0 Å².